The molecule has 0 heterocycles. The van der Waals surface area contributed by atoms with Crippen molar-refractivity contribution in [2.75, 3.05) is 0 Å². The van der Waals surface area contributed by atoms with Gasteiger partial charge in [0.25, 0.3) is 0 Å². The fourth-order valence-electron chi connectivity index (χ4n) is 2.86. The molecule has 0 aliphatic heterocycles. The third-order valence-electron chi connectivity index (χ3n) is 4.31. The van der Waals surface area contributed by atoms with E-state index in [-0.39, 0.29) is 11.6 Å². The molecule has 0 saturated heterocycles. The topological polar surface area (TPSA) is 34.1 Å². The Balaban J connectivity index is 1.80. The highest BCUT2D eigenvalue weighted by Gasteiger charge is 2.33. The lowest BCUT2D eigenvalue weighted by Gasteiger charge is -2.20. The second-order valence-electron chi connectivity index (χ2n) is 6.33. The van der Waals surface area contributed by atoms with Crippen molar-refractivity contribution < 1.29 is 9.59 Å². The molecule has 1 aliphatic rings. The van der Waals surface area contributed by atoms with Crippen LogP contribution < -0.4 is 0 Å². The Labute approximate surface area is 180 Å². The number of carbonyl (C=O) groups excluding carboxylic acids is 2. The summed E-state index contributed by atoms with van der Waals surface area (Å²) in [4.78, 5) is 29.3. The van der Waals surface area contributed by atoms with Crippen LogP contribution in [0.25, 0.3) is 0 Å². The standard InChI is InChI=1S/C23H15BrO2S2/c1-14-6-10-16(11-7-14)27-22-20(25)18-4-2-3-5-19(18)21(26)23(22)28-17-12-8-15(24)9-13-17/h2-13H,1H3. The van der Waals surface area contributed by atoms with Crippen molar-refractivity contribution in [2.45, 2.75) is 16.7 Å². The van der Waals surface area contributed by atoms with Gasteiger partial charge >= 0.3 is 0 Å². The fraction of sp³-hybridized carbons (Fsp3) is 0.0435. The second kappa shape index (κ2) is 8.11. The molecule has 0 amide bonds. The number of Topliss-reactive ketones (excluding diaryl/α,β-unsaturated/α-hetero) is 2. The molecule has 0 radical (unpaired) electrons. The molecule has 28 heavy (non-hydrogen) atoms. The van der Waals surface area contributed by atoms with E-state index in [1.165, 1.54) is 23.5 Å². The number of hydrogen-bond donors (Lipinski definition) is 0. The van der Waals surface area contributed by atoms with Crippen molar-refractivity contribution in [2.24, 2.45) is 0 Å². The van der Waals surface area contributed by atoms with Crippen LogP contribution in [-0.4, -0.2) is 11.6 Å². The van der Waals surface area contributed by atoms with Gasteiger partial charge in [0.15, 0.2) is 0 Å². The number of carbonyl (C=O) groups is 2. The summed E-state index contributed by atoms with van der Waals surface area (Å²) in [5.41, 5.74) is 2.10. The molecule has 0 N–H and O–H groups in total. The number of benzene rings is 3. The molecule has 0 spiro atoms. The Bertz CT molecular complexity index is 1010. The van der Waals surface area contributed by atoms with Gasteiger partial charge in [0.1, 0.15) is 0 Å². The van der Waals surface area contributed by atoms with Crippen molar-refractivity contribution in [1.29, 1.82) is 0 Å². The highest BCUT2D eigenvalue weighted by molar-refractivity contribution is 9.10. The lowest BCUT2D eigenvalue weighted by Crippen LogP contribution is -2.19. The Morgan fingerprint density at radius 1 is 0.643 bits per heavy atom. The summed E-state index contributed by atoms with van der Waals surface area (Å²) < 4.78 is 0.969. The van der Waals surface area contributed by atoms with E-state index >= 15 is 0 Å². The normalized spacial score (nSPS) is 13.6. The lowest BCUT2D eigenvalue weighted by atomic mass is 9.94. The summed E-state index contributed by atoms with van der Waals surface area (Å²) in [7, 11) is 0. The van der Waals surface area contributed by atoms with E-state index in [1.54, 1.807) is 24.3 Å². The largest absolute Gasteiger partial charge is 0.288 e. The van der Waals surface area contributed by atoms with Gasteiger partial charge in [-0.1, -0.05) is 81.4 Å². The molecule has 3 aromatic carbocycles. The minimum Gasteiger partial charge on any atom is -0.288 e. The summed E-state index contributed by atoms with van der Waals surface area (Å²) in [6, 6.07) is 22.8. The summed E-state index contributed by atoms with van der Waals surface area (Å²) in [5, 5.41) is 0. The van der Waals surface area contributed by atoms with Gasteiger partial charge in [-0.15, -0.1) is 0 Å². The predicted molar refractivity (Wildman–Crippen MR) is 119 cm³/mol. The predicted octanol–water partition coefficient (Wildman–Crippen LogP) is 6.93. The molecule has 0 saturated carbocycles. The van der Waals surface area contributed by atoms with Crippen LogP contribution in [0.2, 0.25) is 0 Å². The van der Waals surface area contributed by atoms with Gasteiger partial charge in [0.05, 0.1) is 9.81 Å². The van der Waals surface area contributed by atoms with Crippen LogP contribution in [0, 0.1) is 6.92 Å². The molecule has 0 bridgehead atoms. The number of rotatable bonds is 4. The molecular weight excluding hydrogens is 452 g/mol. The Morgan fingerprint density at radius 3 is 1.54 bits per heavy atom. The number of ketones is 2. The molecule has 0 fully saturated rings. The van der Waals surface area contributed by atoms with E-state index in [9.17, 15) is 9.59 Å². The van der Waals surface area contributed by atoms with Crippen molar-refractivity contribution in [3.63, 3.8) is 0 Å². The quantitative estimate of drug-likeness (QED) is 0.417. The van der Waals surface area contributed by atoms with Gasteiger partial charge in [-0.2, -0.15) is 0 Å². The third-order valence-corrected chi connectivity index (χ3v) is 7.17. The average molecular weight is 467 g/mol. The molecule has 1 aliphatic carbocycles. The molecule has 0 atom stereocenters. The molecule has 0 unspecified atom stereocenters. The van der Waals surface area contributed by atoms with Gasteiger partial charge in [-0.05, 0) is 43.3 Å². The first kappa shape index (κ1) is 19.2. The first-order valence-electron chi connectivity index (χ1n) is 8.63. The summed E-state index contributed by atoms with van der Waals surface area (Å²) >= 11 is 6.13. The highest BCUT2D eigenvalue weighted by atomic mass is 79.9. The zero-order valence-corrected chi connectivity index (χ0v) is 18.2. The number of allylic oxidation sites excluding steroid dienone is 2. The lowest BCUT2D eigenvalue weighted by molar-refractivity contribution is 0.0988. The molecular formula is C23H15BrO2S2. The van der Waals surface area contributed by atoms with E-state index < -0.39 is 0 Å². The number of halogens is 1. The van der Waals surface area contributed by atoms with Crippen molar-refractivity contribution in [1.82, 2.24) is 0 Å². The van der Waals surface area contributed by atoms with E-state index in [2.05, 4.69) is 15.9 Å². The fourth-order valence-corrected chi connectivity index (χ4v) is 5.17. The monoisotopic (exact) mass is 466 g/mol. The summed E-state index contributed by atoms with van der Waals surface area (Å²) in [6.45, 7) is 2.02. The molecule has 4 rings (SSSR count). The van der Waals surface area contributed by atoms with Gasteiger partial charge in [0, 0.05) is 25.4 Å². The van der Waals surface area contributed by atoms with E-state index in [4.69, 9.17) is 0 Å². The van der Waals surface area contributed by atoms with Gasteiger partial charge < -0.3 is 0 Å². The first-order valence-corrected chi connectivity index (χ1v) is 11.1. The first-order chi connectivity index (χ1) is 13.5. The summed E-state index contributed by atoms with van der Waals surface area (Å²) in [5.74, 6) is -0.196. The Hall–Kier alpha value is -2.08. The Kier molecular flexibility index (Phi) is 5.58. The van der Waals surface area contributed by atoms with E-state index in [0.717, 1.165) is 19.8 Å². The minimum absolute atomic E-state index is 0.0969. The second-order valence-corrected chi connectivity index (χ2v) is 9.42. The van der Waals surface area contributed by atoms with Crippen LogP contribution in [0.1, 0.15) is 26.3 Å². The molecule has 0 aromatic heterocycles. The number of fused-ring (bicyclic) bond motifs is 1. The van der Waals surface area contributed by atoms with Crippen LogP contribution >= 0.6 is 39.5 Å². The van der Waals surface area contributed by atoms with Crippen LogP contribution in [-0.2, 0) is 0 Å². The third kappa shape index (κ3) is 3.88. The van der Waals surface area contributed by atoms with Gasteiger partial charge in [0.2, 0.25) is 11.6 Å². The zero-order chi connectivity index (χ0) is 19.7. The average Bonchev–Trinajstić information content (AvgIpc) is 2.71. The van der Waals surface area contributed by atoms with E-state index in [1.807, 2.05) is 55.5 Å². The van der Waals surface area contributed by atoms with Crippen molar-refractivity contribution >= 4 is 51.0 Å². The maximum Gasteiger partial charge on any atom is 0.201 e. The Morgan fingerprint density at radius 2 is 1.07 bits per heavy atom. The SMILES string of the molecule is Cc1ccc(SC2=C(Sc3ccc(Br)cc3)C(=O)c3ccccc3C2=O)cc1. The van der Waals surface area contributed by atoms with Crippen LogP contribution in [0.5, 0.6) is 0 Å². The number of thioether (sulfide) groups is 2. The van der Waals surface area contributed by atoms with Crippen LogP contribution in [0.3, 0.4) is 0 Å². The van der Waals surface area contributed by atoms with Crippen LogP contribution in [0.15, 0.2) is 96.9 Å². The highest BCUT2D eigenvalue weighted by Crippen LogP contribution is 2.43. The van der Waals surface area contributed by atoms with Gasteiger partial charge in [-0.25, -0.2) is 0 Å². The summed E-state index contributed by atoms with van der Waals surface area (Å²) in [6.07, 6.45) is 0. The number of hydrogen-bond acceptors (Lipinski definition) is 4. The molecule has 138 valence electrons. The van der Waals surface area contributed by atoms with Crippen LogP contribution in [0.4, 0.5) is 0 Å². The molecule has 2 nitrogen and oxygen atoms in total. The molecule has 5 heteroatoms. The number of aryl methyl sites for hydroxylation is 1. The molecule has 3 aromatic rings. The van der Waals surface area contributed by atoms with Crippen molar-refractivity contribution in [3.8, 4) is 0 Å². The zero-order valence-electron chi connectivity index (χ0n) is 14.9. The van der Waals surface area contributed by atoms with Gasteiger partial charge in [-0.3, -0.25) is 9.59 Å². The minimum atomic E-state index is -0.0993. The maximum absolute atomic E-state index is 13.2. The maximum atomic E-state index is 13.2. The van der Waals surface area contributed by atoms with Crippen molar-refractivity contribution in [3.05, 3.63) is 104 Å². The smallest absolute Gasteiger partial charge is 0.201 e. The van der Waals surface area contributed by atoms with E-state index in [0.29, 0.717) is 20.9 Å².